The highest BCUT2D eigenvalue weighted by Gasteiger charge is 2.29. The highest BCUT2D eigenvalue weighted by Crippen LogP contribution is 2.27. The van der Waals surface area contributed by atoms with Gasteiger partial charge in [-0.25, -0.2) is 5.43 Å². The third kappa shape index (κ3) is 2.50. The molecule has 1 aromatic heterocycles. The van der Waals surface area contributed by atoms with Crippen LogP contribution in [0.2, 0.25) is 0 Å². The number of hydrazine groups is 1. The van der Waals surface area contributed by atoms with E-state index in [1.807, 2.05) is 30.3 Å². The van der Waals surface area contributed by atoms with E-state index < -0.39 is 0 Å². The number of benzene rings is 1. The average molecular weight is 261 g/mol. The minimum atomic E-state index is -0.129. The Bertz CT molecular complexity index is 521. The summed E-state index contributed by atoms with van der Waals surface area (Å²) in [4.78, 5) is 2.24. The van der Waals surface area contributed by atoms with Crippen molar-refractivity contribution in [1.29, 1.82) is 0 Å². The Morgan fingerprint density at radius 3 is 3.00 bits per heavy atom. The van der Waals surface area contributed by atoms with Crippen LogP contribution in [0.4, 0.5) is 0 Å². The first-order chi connectivity index (χ1) is 9.28. The molecule has 1 aromatic carbocycles. The van der Waals surface area contributed by atoms with Gasteiger partial charge in [0.05, 0.1) is 12.7 Å². The van der Waals surface area contributed by atoms with Gasteiger partial charge in [-0.15, -0.1) is 0 Å². The Balaban J connectivity index is 1.88. The lowest BCUT2D eigenvalue weighted by molar-refractivity contribution is -0.0425. The van der Waals surface area contributed by atoms with Crippen LogP contribution in [0.5, 0.6) is 0 Å². The van der Waals surface area contributed by atoms with E-state index in [9.17, 15) is 0 Å². The van der Waals surface area contributed by atoms with Crippen LogP contribution in [0.1, 0.15) is 11.8 Å². The number of hydrogen-bond acceptors (Lipinski definition) is 5. The van der Waals surface area contributed by atoms with Gasteiger partial charge in [-0.3, -0.25) is 5.84 Å². The number of rotatable bonds is 3. The predicted molar refractivity (Wildman–Crippen MR) is 73.5 cm³/mol. The molecule has 0 saturated carbocycles. The van der Waals surface area contributed by atoms with Gasteiger partial charge in [-0.05, 0) is 19.2 Å². The number of morpholine rings is 1. The fourth-order valence-electron chi connectivity index (χ4n) is 2.54. The van der Waals surface area contributed by atoms with Gasteiger partial charge in [-0.1, -0.05) is 18.2 Å². The van der Waals surface area contributed by atoms with Crippen LogP contribution in [0.25, 0.3) is 11.0 Å². The summed E-state index contributed by atoms with van der Waals surface area (Å²) in [7, 11) is 2.09. The molecular formula is C14H19N3O2. The molecule has 1 aliphatic heterocycles. The number of nitrogens with zero attached hydrogens (tertiary/aromatic N) is 1. The molecule has 3 rings (SSSR count). The first-order valence-electron chi connectivity index (χ1n) is 6.52. The Hall–Kier alpha value is -1.40. The lowest BCUT2D eigenvalue weighted by Gasteiger charge is -2.33. The van der Waals surface area contributed by atoms with Crippen molar-refractivity contribution >= 4 is 11.0 Å². The van der Waals surface area contributed by atoms with Crippen LogP contribution >= 0.6 is 0 Å². The summed E-state index contributed by atoms with van der Waals surface area (Å²) >= 11 is 0. The molecule has 2 heterocycles. The number of fused-ring (bicyclic) bond motifs is 1. The Kier molecular flexibility index (Phi) is 3.52. The number of nitrogens with two attached hydrogens (primary N) is 1. The highest BCUT2D eigenvalue weighted by molar-refractivity contribution is 5.77. The van der Waals surface area contributed by atoms with Gasteiger partial charge in [0.25, 0.3) is 0 Å². The van der Waals surface area contributed by atoms with Crippen LogP contribution in [0.3, 0.4) is 0 Å². The maximum Gasteiger partial charge on any atom is 0.134 e. The van der Waals surface area contributed by atoms with Gasteiger partial charge in [0.1, 0.15) is 17.4 Å². The van der Waals surface area contributed by atoms with Gasteiger partial charge < -0.3 is 14.1 Å². The smallest absolute Gasteiger partial charge is 0.134 e. The molecule has 2 aromatic rings. The van der Waals surface area contributed by atoms with Crippen molar-refractivity contribution in [1.82, 2.24) is 10.3 Å². The Labute approximate surface area is 112 Å². The Morgan fingerprint density at radius 1 is 1.42 bits per heavy atom. The lowest BCUT2D eigenvalue weighted by atomic mass is 10.1. The molecule has 19 heavy (non-hydrogen) atoms. The van der Waals surface area contributed by atoms with Gasteiger partial charge >= 0.3 is 0 Å². The van der Waals surface area contributed by atoms with E-state index in [1.54, 1.807) is 0 Å². The number of furan rings is 1. The maximum atomic E-state index is 5.87. The first kappa shape index (κ1) is 12.6. The summed E-state index contributed by atoms with van der Waals surface area (Å²) in [5.41, 5.74) is 3.70. The van der Waals surface area contributed by atoms with Crippen molar-refractivity contribution in [2.45, 2.75) is 12.1 Å². The summed E-state index contributed by atoms with van der Waals surface area (Å²) in [5.74, 6) is 6.52. The molecule has 3 N–H and O–H groups in total. The van der Waals surface area contributed by atoms with Gasteiger partial charge in [0, 0.05) is 18.5 Å². The normalized spacial score (nSPS) is 22.7. The quantitative estimate of drug-likeness (QED) is 0.643. The summed E-state index contributed by atoms with van der Waals surface area (Å²) in [5, 5.41) is 1.09. The number of para-hydroxylation sites is 1. The van der Waals surface area contributed by atoms with Crippen LogP contribution in [-0.4, -0.2) is 37.7 Å². The average Bonchev–Trinajstić information content (AvgIpc) is 2.83. The molecule has 0 amide bonds. The number of nitrogens with one attached hydrogen (secondary N) is 1. The molecule has 2 atom stereocenters. The van der Waals surface area contributed by atoms with Crippen LogP contribution < -0.4 is 11.3 Å². The third-order valence-electron chi connectivity index (χ3n) is 3.60. The monoisotopic (exact) mass is 261 g/mol. The van der Waals surface area contributed by atoms with E-state index in [0.717, 1.165) is 36.4 Å². The zero-order chi connectivity index (χ0) is 13.2. The second-order valence-corrected chi connectivity index (χ2v) is 5.00. The molecule has 5 heteroatoms. The number of ether oxygens (including phenoxy) is 1. The molecule has 1 saturated heterocycles. The van der Waals surface area contributed by atoms with Crippen LogP contribution in [0, 0.1) is 0 Å². The van der Waals surface area contributed by atoms with Crippen LogP contribution in [0.15, 0.2) is 34.7 Å². The SMILES string of the molecule is CN1CCOC(C(NN)c2cc3ccccc3o2)C1. The van der Waals surface area contributed by atoms with Gasteiger partial charge in [0.2, 0.25) is 0 Å². The molecule has 0 spiro atoms. The topological polar surface area (TPSA) is 63.7 Å². The molecule has 2 unspecified atom stereocenters. The standard InChI is InChI=1S/C14H19N3O2/c1-17-6-7-18-13(9-17)14(16-15)12-8-10-4-2-3-5-11(10)19-12/h2-5,8,13-14,16H,6-7,9,15H2,1H3. The fraction of sp³-hybridized carbons (Fsp3) is 0.429. The van der Waals surface area contributed by atoms with E-state index in [1.165, 1.54) is 0 Å². The van der Waals surface area contributed by atoms with Gasteiger partial charge in [0.15, 0.2) is 0 Å². The lowest BCUT2D eigenvalue weighted by Crippen LogP contribution is -2.48. The van der Waals surface area contributed by atoms with Crippen LogP contribution in [-0.2, 0) is 4.74 Å². The van der Waals surface area contributed by atoms with E-state index in [0.29, 0.717) is 0 Å². The molecule has 1 fully saturated rings. The van der Waals surface area contributed by atoms with Gasteiger partial charge in [-0.2, -0.15) is 0 Å². The minimum Gasteiger partial charge on any atom is -0.459 e. The van der Waals surface area contributed by atoms with E-state index in [4.69, 9.17) is 15.0 Å². The molecule has 1 aliphatic rings. The molecule has 0 radical (unpaired) electrons. The summed E-state index contributed by atoms with van der Waals surface area (Å²) in [6.07, 6.45) is 0.00399. The second-order valence-electron chi connectivity index (χ2n) is 5.00. The second kappa shape index (κ2) is 5.30. The summed E-state index contributed by atoms with van der Waals surface area (Å²) in [6, 6.07) is 9.85. The summed E-state index contributed by atoms with van der Waals surface area (Å²) in [6.45, 7) is 2.51. The highest BCUT2D eigenvalue weighted by atomic mass is 16.5. The number of hydrogen-bond donors (Lipinski definition) is 2. The van der Waals surface area contributed by atoms with Crippen molar-refractivity contribution in [2.24, 2.45) is 5.84 Å². The zero-order valence-electron chi connectivity index (χ0n) is 11.0. The minimum absolute atomic E-state index is 0.00399. The van der Waals surface area contributed by atoms with E-state index >= 15 is 0 Å². The third-order valence-corrected chi connectivity index (χ3v) is 3.60. The first-order valence-corrected chi connectivity index (χ1v) is 6.52. The van der Waals surface area contributed by atoms with E-state index in [2.05, 4.69) is 17.4 Å². The maximum absolute atomic E-state index is 5.87. The zero-order valence-corrected chi connectivity index (χ0v) is 11.0. The van der Waals surface area contributed by atoms with Crippen molar-refractivity contribution in [3.05, 3.63) is 36.1 Å². The largest absolute Gasteiger partial charge is 0.459 e. The predicted octanol–water partition coefficient (Wildman–Crippen LogP) is 1.27. The van der Waals surface area contributed by atoms with Crippen molar-refractivity contribution in [2.75, 3.05) is 26.7 Å². The molecule has 102 valence electrons. The number of likely N-dealkylation sites (N-methyl/N-ethyl adjacent to an activating group) is 1. The molecule has 0 bridgehead atoms. The van der Waals surface area contributed by atoms with Crippen molar-refractivity contribution in [3.63, 3.8) is 0 Å². The Morgan fingerprint density at radius 2 is 2.26 bits per heavy atom. The molecule has 5 nitrogen and oxygen atoms in total. The fourth-order valence-corrected chi connectivity index (χ4v) is 2.54. The van der Waals surface area contributed by atoms with Crippen molar-refractivity contribution < 1.29 is 9.15 Å². The molecular weight excluding hydrogens is 242 g/mol. The molecule has 0 aliphatic carbocycles. The van der Waals surface area contributed by atoms with Crippen molar-refractivity contribution in [3.8, 4) is 0 Å². The summed E-state index contributed by atoms with van der Waals surface area (Å²) < 4.78 is 11.7. The van der Waals surface area contributed by atoms with E-state index in [-0.39, 0.29) is 12.1 Å².